The summed E-state index contributed by atoms with van der Waals surface area (Å²) in [6.07, 6.45) is -0.261. The van der Waals surface area contributed by atoms with Gasteiger partial charge in [-0.25, -0.2) is 8.42 Å². The molecule has 1 amide bonds. The zero-order valence-corrected chi connectivity index (χ0v) is 13.7. The van der Waals surface area contributed by atoms with Gasteiger partial charge in [-0.1, -0.05) is 0 Å². The molecule has 0 atom stereocenters. The Kier molecular flexibility index (Phi) is 6.83. The van der Waals surface area contributed by atoms with E-state index in [1.54, 1.807) is 12.1 Å². The molecule has 1 aromatic carbocycles. The number of carboxylic acid groups (broad SMARTS) is 1. The van der Waals surface area contributed by atoms with E-state index in [9.17, 15) is 18.0 Å². The van der Waals surface area contributed by atoms with Crippen LogP contribution < -0.4 is 14.8 Å². The number of aliphatic carboxylic acids is 1. The van der Waals surface area contributed by atoms with E-state index in [-0.39, 0.29) is 19.1 Å². The van der Waals surface area contributed by atoms with Gasteiger partial charge in [0.25, 0.3) is 0 Å². The monoisotopic (exact) mass is 344 g/mol. The molecule has 0 spiro atoms. The summed E-state index contributed by atoms with van der Waals surface area (Å²) in [4.78, 5) is 21.8. The van der Waals surface area contributed by atoms with Gasteiger partial charge in [0.1, 0.15) is 11.5 Å². The number of rotatable bonds is 9. The smallest absolute Gasteiger partial charge is 0.305 e. The average Bonchev–Trinajstić information content (AvgIpc) is 2.39. The first-order valence-electron chi connectivity index (χ1n) is 6.93. The molecule has 1 rings (SSSR count). The van der Waals surface area contributed by atoms with Crippen LogP contribution in [0.4, 0.5) is 5.69 Å². The molecule has 0 saturated carbocycles. The Bertz CT molecular complexity index is 640. The number of sulfonamides is 1. The molecular formula is C14H20N2O6S. The molecule has 8 nitrogen and oxygen atoms in total. The van der Waals surface area contributed by atoms with Crippen molar-refractivity contribution in [3.8, 4) is 5.75 Å². The fraction of sp³-hybridized carbons (Fsp3) is 0.429. The number of carbonyl (C=O) groups excluding carboxylic acids is 1. The van der Waals surface area contributed by atoms with Gasteiger partial charge in [0.2, 0.25) is 15.9 Å². The van der Waals surface area contributed by atoms with Crippen molar-refractivity contribution in [2.45, 2.75) is 26.4 Å². The molecule has 128 valence electrons. The molecular weight excluding hydrogens is 324 g/mol. The molecule has 1 aromatic rings. The lowest BCUT2D eigenvalue weighted by Gasteiger charge is -2.11. The van der Waals surface area contributed by atoms with Crippen molar-refractivity contribution in [3.05, 3.63) is 24.3 Å². The number of hydrogen-bond donors (Lipinski definition) is 3. The summed E-state index contributed by atoms with van der Waals surface area (Å²) in [5.74, 6) is -2.01. The van der Waals surface area contributed by atoms with Crippen LogP contribution in [0.1, 0.15) is 20.3 Å². The number of nitrogens with one attached hydrogen (secondary N) is 2. The van der Waals surface area contributed by atoms with Crippen molar-refractivity contribution in [1.82, 2.24) is 5.32 Å². The molecule has 0 saturated heterocycles. The third-order valence-electron chi connectivity index (χ3n) is 2.48. The molecule has 0 aromatic heterocycles. The first-order chi connectivity index (χ1) is 10.7. The minimum atomic E-state index is -3.87. The lowest BCUT2D eigenvalue weighted by atomic mass is 10.3. The molecule has 23 heavy (non-hydrogen) atoms. The molecule has 0 unspecified atom stereocenters. The summed E-state index contributed by atoms with van der Waals surface area (Å²) in [6, 6.07) is 6.28. The molecule has 0 radical (unpaired) electrons. The topological polar surface area (TPSA) is 122 Å². The molecule has 0 bridgehead atoms. The quantitative estimate of drug-likeness (QED) is 0.609. The number of carbonyl (C=O) groups is 2. The van der Waals surface area contributed by atoms with E-state index in [1.165, 1.54) is 12.1 Å². The summed E-state index contributed by atoms with van der Waals surface area (Å²) < 4.78 is 31.4. The third kappa shape index (κ3) is 8.05. The highest BCUT2D eigenvalue weighted by atomic mass is 32.2. The van der Waals surface area contributed by atoms with Crippen molar-refractivity contribution in [2.24, 2.45) is 0 Å². The predicted molar refractivity (Wildman–Crippen MR) is 84.9 cm³/mol. The van der Waals surface area contributed by atoms with Gasteiger partial charge in [0.15, 0.2) is 0 Å². The zero-order chi connectivity index (χ0) is 17.5. The highest BCUT2D eigenvalue weighted by Crippen LogP contribution is 2.17. The highest BCUT2D eigenvalue weighted by molar-refractivity contribution is 7.93. The second kappa shape index (κ2) is 8.37. The van der Waals surface area contributed by atoms with Crippen molar-refractivity contribution in [3.63, 3.8) is 0 Å². The van der Waals surface area contributed by atoms with Gasteiger partial charge in [-0.2, -0.15) is 0 Å². The molecule has 0 heterocycles. The van der Waals surface area contributed by atoms with E-state index >= 15 is 0 Å². The Morgan fingerprint density at radius 3 is 2.35 bits per heavy atom. The minimum Gasteiger partial charge on any atom is -0.491 e. The van der Waals surface area contributed by atoms with Gasteiger partial charge < -0.3 is 15.2 Å². The van der Waals surface area contributed by atoms with Crippen LogP contribution in [0.2, 0.25) is 0 Å². The first kappa shape index (κ1) is 18.8. The van der Waals surface area contributed by atoms with Gasteiger partial charge in [-0.05, 0) is 38.1 Å². The minimum absolute atomic E-state index is 0.00652. The Hall–Kier alpha value is -2.29. The number of amides is 1. The van der Waals surface area contributed by atoms with Gasteiger partial charge in [-0.3, -0.25) is 14.3 Å². The van der Waals surface area contributed by atoms with Gasteiger partial charge >= 0.3 is 5.97 Å². The number of benzene rings is 1. The predicted octanol–water partition coefficient (Wildman–Crippen LogP) is 0.806. The lowest BCUT2D eigenvalue weighted by molar-refractivity contribution is -0.136. The molecule has 0 aliphatic heterocycles. The van der Waals surface area contributed by atoms with Crippen LogP contribution in [0.3, 0.4) is 0 Å². The number of carboxylic acids is 1. The number of ether oxygens (including phenoxy) is 1. The Labute approximate surface area is 134 Å². The Morgan fingerprint density at radius 2 is 1.83 bits per heavy atom. The maximum absolute atomic E-state index is 11.9. The van der Waals surface area contributed by atoms with Crippen molar-refractivity contribution >= 4 is 27.6 Å². The molecule has 0 aliphatic carbocycles. The summed E-state index contributed by atoms with van der Waals surface area (Å²) in [7, 11) is -3.87. The number of anilines is 1. The van der Waals surface area contributed by atoms with Crippen LogP contribution in [-0.2, 0) is 19.6 Å². The summed E-state index contributed by atoms with van der Waals surface area (Å²) in [5, 5.41) is 10.7. The summed E-state index contributed by atoms with van der Waals surface area (Å²) >= 11 is 0. The van der Waals surface area contributed by atoms with Crippen LogP contribution in [0, 0.1) is 0 Å². The third-order valence-corrected chi connectivity index (χ3v) is 3.67. The van der Waals surface area contributed by atoms with Crippen molar-refractivity contribution in [1.29, 1.82) is 0 Å². The summed E-state index contributed by atoms with van der Waals surface area (Å²) in [6.45, 7) is 3.63. The molecule has 0 aliphatic rings. The van der Waals surface area contributed by atoms with E-state index < -0.39 is 27.7 Å². The van der Waals surface area contributed by atoms with Gasteiger partial charge in [-0.15, -0.1) is 0 Å². The first-order valence-corrected chi connectivity index (χ1v) is 8.59. The Balaban J connectivity index is 2.54. The molecule has 0 fully saturated rings. The second-order valence-electron chi connectivity index (χ2n) is 5.05. The zero-order valence-electron chi connectivity index (χ0n) is 12.9. The summed E-state index contributed by atoms with van der Waals surface area (Å²) in [5.41, 5.74) is 0.305. The standard InChI is InChI=1S/C14H20N2O6S/c1-10(2)22-12-5-3-11(4-6-12)16-23(20,21)9-13(17)15-8-7-14(18)19/h3-6,10,16H,7-9H2,1-2H3,(H,15,17)(H,18,19). The maximum atomic E-state index is 11.9. The van der Waals surface area contributed by atoms with Crippen LogP contribution in [0.15, 0.2) is 24.3 Å². The SMILES string of the molecule is CC(C)Oc1ccc(NS(=O)(=O)CC(=O)NCCC(=O)O)cc1. The Morgan fingerprint density at radius 1 is 1.22 bits per heavy atom. The van der Waals surface area contributed by atoms with Crippen LogP contribution >= 0.6 is 0 Å². The van der Waals surface area contributed by atoms with Crippen molar-refractivity contribution in [2.75, 3.05) is 17.0 Å². The van der Waals surface area contributed by atoms with Gasteiger partial charge in [0, 0.05) is 12.2 Å². The van der Waals surface area contributed by atoms with E-state index in [1.807, 2.05) is 13.8 Å². The molecule has 9 heteroatoms. The normalized spacial score (nSPS) is 11.1. The van der Waals surface area contributed by atoms with E-state index in [0.717, 1.165) is 0 Å². The fourth-order valence-electron chi connectivity index (χ4n) is 1.62. The van der Waals surface area contributed by atoms with Gasteiger partial charge in [0.05, 0.1) is 12.5 Å². The van der Waals surface area contributed by atoms with Crippen LogP contribution in [0.25, 0.3) is 0 Å². The largest absolute Gasteiger partial charge is 0.491 e. The van der Waals surface area contributed by atoms with E-state index in [2.05, 4.69) is 10.0 Å². The molecule has 3 N–H and O–H groups in total. The lowest BCUT2D eigenvalue weighted by Crippen LogP contribution is -2.34. The maximum Gasteiger partial charge on any atom is 0.305 e. The highest BCUT2D eigenvalue weighted by Gasteiger charge is 2.16. The van der Waals surface area contributed by atoms with Crippen molar-refractivity contribution < 1.29 is 27.9 Å². The fourth-order valence-corrected chi connectivity index (χ4v) is 2.64. The average molecular weight is 344 g/mol. The van der Waals surface area contributed by atoms with E-state index in [0.29, 0.717) is 11.4 Å². The van der Waals surface area contributed by atoms with E-state index in [4.69, 9.17) is 9.84 Å². The van der Waals surface area contributed by atoms with Crippen LogP contribution in [0.5, 0.6) is 5.75 Å². The second-order valence-corrected chi connectivity index (χ2v) is 6.77. The van der Waals surface area contributed by atoms with Crippen LogP contribution in [-0.4, -0.2) is 43.8 Å². The number of hydrogen-bond acceptors (Lipinski definition) is 5.